The van der Waals surface area contributed by atoms with Gasteiger partial charge in [-0.1, -0.05) is 17.7 Å². The van der Waals surface area contributed by atoms with Crippen LogP contribution in [0.4, 0.5) is 10.1 Å². The molecule has 0 aromatic heterocycles. The van der Waals surface area contributed by atoms with Gasteiger partial charge >= 0.3 is 12.8 Å². The molecule has 1 aliphatic rings. The Labute approximate surface area is 121 Å². The van der Waals surface area contributed by atoms with Crippen LogP contribution in [-0.2, 0) is 9.31 Å². The minimum atomic E-state index is -1.03. The molecule has 1 heterocycles. The molecule has 1 saturated heterocycles. The minimum Gasteiger partial charge on any atom is -0.399 e. The highest BCUT2D eigenvalue weighted by atomic mass is 35.5. The summed E-state index contributed by atoms with van der Waals surface area (Å²) < 4.78 is 25.6. The lowest BCUT2D eigenvalue weighted by Crippen LogP contribution is -2.41. The minimum absolute atomic E-state index is 0.0280. The van der Waals surface area contributed by atoms with Crippen molar-refractivity contribution in [3.05, 3.63) is 33.1 Å². The predicted molar refractivity (Wildman–Crippen MR) is 73.8 cm³/mol. The third kappa shape index (κ3) is 2.30. The van der Waals surface area contributed by atoms with E-state index in [2.05, 4.69) is 0 Å². The number of halogens is 2. The molecule has 2 rings (SSSR count). The zero-order valence-corrected chi connectivity index (χ0v) is 12.3. The second kappa shape index (κ2) is 4.68. The topological polar surface area (TPSA) is 61.6 Å². The highest BCUT2D eigenvalue weighted by Crippen LogP contribution is 2.37. The van der Waals surface area contributed by atoms with Gasteiger partial charge in [0.05, 0.1) is 16.1 Å². The van der Waals surface area contributed by atoms with E-state index >= 15 is 0 Å². The van der Waals surface area contributed by atoms with E-state index in [0.29, 0.717) is 0 Å². The molecule has 0 amide bonds. The van der Waals surface area contributed by atoms with E-state index in [1.807, 2.05) is 27.7 Å². The fourth-order valence-corrected chi connectivity index (χ4v) is 2.09. The van der Waals surface area contributed by atoms with E-state index in [1.165, 1.54) is 12.1 Å². The predicted octanol–water partition coefficient (Wildman–Crippen LogP) is 2.69. The average Bonchev–Trinajstić information content (AvgIpc) is 2.47. The van der Waals surface area contributed by atoms with Gasteiger partial charge in [0.2, 0.25) is 5.82 Å². The molecule has 20 heavy (non-hydrogen) atoms. The molecule has 8 heteroatoms. The lowest BCUT2D eigenvalue weighted by molar-refractivity contribution is -0.387. The largest absolute Gasteiger partial charge is 0.498 e. The Bertz CT molecular complexity index is 563. The van der Waals surface area contributed by atoms with Gasteiger partial charge in [-0.25, -0.2) is 0 Å². The number of benzene rings is 1. The van der Waals surface area contributed by atoms with Gasteiger partial charge in [0.25, 0.3) is 0 Å². The zero-order valence-electron chi connectivity index (χ0n) is 11.6. The summed E-state index contributed by atoms with van der Waals surface area (Å²) in [6, 6.07) is 2.61. The van der Waals surface area contributed by atoms with Crippen molar-refractivity contribution in [1.82, 2.24) is 0 Å². The summed E-state index contributed by atoms with van der Waals surface area (Å²) >= 11 is 5.65. The van der Waals surface area contributed by atoms with Crippen LogP contribution in [0.5, 0.6) is 0 Å². The SMILES string of the molecule is CC1(C)OB(c2ccc(Cl)c([N+](=O)[O-])c2F)OC1(C)C. The molecule has 0 radical (unpaired) electrons. The number of rotatable bonds is 2. The van der Waals surface area contributed by atoms with E-state index in [-0.39, 0.29) is 10.5 Å². The van der Waals surface area contributed by atoms with Crippen LogP contribution in [0.15, 0.2) is 12.1 Å². The van der Waals surface area contributed by atoms with Crippen LogP contribution in [0.3, 0.4) is 0 Å². The Morgan fingerprint density at radius 2 is 1.75 bits per heavy atom. The van der Waals surface area contributed by atoms with Crippen LogP contribution in [0.2, 0.25) is 5.02 Å². The molecule has 0 N–H and O–H groups in total. The quantitative estimate of drug-likeness (QED) is 0.479. The van der Waals surface area contributed by atoms with Gasteiger partial charge < -0.3 is 9.31 Å². The van der Waals surface area contributed by atoms with E-state index in [1.54, 1.807) is 0 Å². The summed E-state index contributed by atoms with van der Waals surface area (Å²) in [5.41, 5.74) is -2.10. The number of nitro benzene ring substituents is 1. The number of hydrogen-bond acceptors (Lipinski definition) is 4. The Morgan fingerprint density at radius 3 is 2.20 bits per heavy atom. The smallest absolute Gasteiger partial charge is 0.399 e. The van der Waals surface area contributed by atoms with Crippen molar-refractivity contribution in [3.63, 3.8) is 0 Å². The fourth-order valence-electron chi connectivity index (χ4n) is 1.88. The number of nitrogens with zero attached hydrogens (tertiary/aromatic N) is 1. The molecular weight excluding hydrogens is 287 g/mol. The number of hydrogen-bond donors (Lipinski definition) is 0. The van der Waals surface area contributed by atoms with Crippen LogP contribution < -0.4 is 5.46 Å². The summed E-state index contributed by atoms with van der Waals surface area (Å²) in [5, 5.41) is 10.6. The van der Waals surface area contributed by atoms with E-state index in [9.17, 15) is 14.5 Å². The van der Waals surface area contributed by atoms with Crippen LogP contribution in [0, 0.1) is 15.9 Å². The van der Waals surface area contributed by atoms with Crippen molar-refractivity contribution in [2.45, 2.75) is 38.9 Å². The lowest BCUT2D eigenvalue weighted by atomic mass is 9.78. The van der Waals surface area contributed by atoms with Crippen LogP contribution in [0.1, 0.15) is 27.7 Å². The molecule has 0 saturated carbocycles. The Kier molecular flexibility index (Phi) is 3.56. The molecule has 0 aliphatic carbocycles. The van der Waals surface area contributed by atoms with Crippen molar-refractivity contribution in [2.24, 2.45) is 0 Å². The second-order valence-corrected chi connectivity index (χ2v) is 6.05. The molecule has 1 aromatic carbocycles. The number of nitro groups is 1. The molecule has 1 aromatic rings. The average molecular weight is 302 g/mol. The fraction of sp³-hybridized carbons (Fsp3) is 0.500. The molecule has 1 aliphatic heterocycles. The van der Waals surface area contributed by atoms with Gasteiger partial charge in [0.15, 0.2) is 0 Å². The van der Waals surface area contributed by atoms with Crippen molar-refractivity contribution < 1.29 is 18.6 Å². The highest BCUT2D eigenvalue weighted by Gasteiger charge is 2.53. The maximum Gasteiger partial charge on any atom is 0.498 e. The van der Waals surface area contributed by atoms with Crippen molar-refractivity contribution >= 4 is 29.9 Å². The lowest BCUT2D eigenvalue weighted by Gasteiger charge is -2.32. The standard InChI is InChI=1S/C12H14BClFNO4/c1-11(2)12(3,4)20-13(19-11)7-5-6-8(14)10(9(7)15)16(17)18/h5-6H,1-4H3. The van der Waals surface area contributed by atoms with Gasteiger partial charge in [-0.15, -0.1) is 0 Å². The monoisotopic (exact) mass is 301 g/mol. The molecule has 0 spiro atoms. The third-order valence-corrected chi connectivity index (χ3v) is 4.09. The van der Waals surface area contributed by atoms with Crippen LogP contribution in [-0.4, -0.2) is 23.2 Å². The normalized spacial score (nSPS) is 20.2. The molecule has 1 fully saturated rings. The molecule has 0 unspecified atom stereocenters. The molecule has 5 nitrogen and oxygen atoms in total. The molecule has 0 bridgehead atoms. The van der Waals surface area contributed by atoms with Crippen LogP contribution in [0.25, 0.3) is 0 Å². The first-order valence-electron chi connectivity index (χ1n) is 6.05. The second-order valence-electron chi connectivity index (χ2n) is 5.64. The molecule has 0 atom stereocenters. The summed E-state index contributed by atoms with van der Waals surface area (Å²) in [6.07, 6.45) is 0. The van der Waals surface area contributed by atoms with Gasteiger partial charge in [-0.2, -0.15) is 4.39 Å². The summed E-state index contributed by atoms with van der Waals surface area (Å²) in [7, 11) is -1.00. The Hall–Kier alpha value is -1.18. The van der Waals surface area contributed by atoms with E-state index in [0.717, 1.165) is 0 Å². The molecular formula is C12H14BClFNO4. The third-order valence-electron chi connectivity index (χ3n) is 3.79. The first-order valence-corrected chi connectivity index (χ1v) is 6.42. The van der Waals surface area contributed by atoms with Crippen LogP contribution >= 0.6 is 11.6 Å². The van der Waals surface area contributed by atoms with E-state index < -0.39 is 34.7 Å². The van der Waals surface area contributed by atoms with Gasteiger partial charge in [0.1, 0.15) is 5.02 Å². The van der Waals surface area contributed by atoms with Crippen molar-refractivity contribution in [1.29, 1.82) is 0 Å². The van der Waals surface area contributed by atoms with Gasteiger partial charge in [-0.05, 0) is 33.8 Å². The summed E-state index contributed by atoms with van der Waals surface area (Å²) in [6.45, 7) is 7.26. The van der Waals surface area contributed by atoms with Gasteiger partial charge in [0, 0.05) is 5.46 Å². The maximum atomic E-state index is 14.3. The Morgan fingerprint density at radius 1 is 1.25 bits per heavy atom. The van der Waals surface area contributed by atoms with Crippen molar-refractivity contribution in [3.8, 4) is 0 Å². The van der Waals surface area contributed by atoms with E-state index in [4.69, 9.17) is 20.9 Å². The highest BCUT2D eigenvalue weighted by molar-refractivity contribution is 6.62. The summed E-state index contributed by atoms with van der Waals surface area (Å²) in [5.74, 6) is -1.03. The van der Waals surface area contributed by atoms with Crippen molar-refractivity contribution in [2.75, 3.05) is 0 Å². The van der Waals surface area contributed by atoms with Gasteiger partial charge in [-0.3, -0.25) is 10.1 Å². The first kappa shape index (κ1) is 15.2. The maximum absolute atomic E-state index is 14.3. The first-order chi connectivity index (χ1) is 9.07. The zero-order chi connectivity index (χ0) is 15.3. The molecule has 108 valence electrons. The Balaban J connectivity index is 2.46. The summed E-state index contributed by atoms with van der Waals surface area (Å²) in [4.78, 5) is 10.0.